The summed E-state index contributed by atoms with van der Waals surface area (Å²) in [5.74, 6) is 0.0335. The second kappa shape index (κ2) is 8.04. The Hall–Kier alpha value is -1.83. The quantitative estimate of drug-likeness (QED) is 0.813. The van der Waals surface area contributed by atoms with Crippen LogP contribution in [0.25, 0.3) is 0 Å². The third kappa shape index (κ3) is 4.05. The van der Waals surface area contributed by atoms with Crippen LogP contribution >= 0.6 is 23.7 Å². The minimum Gasteiger partial charge on any atom is -0.459 e. The maximum absolute atomic E-state index is 12.9. The minimum atomic E-state index is -0.302. The summed E-state index contributed by atoms with van der Waals surface area (Å²) in [6, 6.07) is 5.14. The van der Waals surface area contributed by atoms with Gasteiger partial charge < -0.3 is 20.0 Å². The molecule has 6 nitrogen and oxygen atoms in total. The van der Waals surface area contributed by atoms with Gasteiger partial charge in [0.15, 0.2) is 5.76 Å². The number of amides is 2. The summed E-state index contributed by atoms with van der Waals surface area (Å²) in [6.07, 6.45) is 4.82. The molecule has 0 aromatic carbocycles. The molecule has 0 atom stereocenters. The van der Waals surface area contributed by atoms with Crippen molar-refractivity contribution in [3.63, 3.8) is 0 Å². The van der Waals surface area contributed by atoms with Crippen molar-refractivity contribution in [2.45, 2.75) is 26.2 Å². The molecule has 4 rings (SSSR count). The van der Waals surface area contributed by atoms with Gasteiger partial charge in [-0.3, -0.25) is 9.59 Å². The number of piperidine rings is 1. The normalized spacial score (nSPS) is 18.3. The fraction of sp³-hybridized carbons (Fsp3) is 0.474. The first-order valence-electron chi connectivity index (χ1n) is 9.02. The van der Waals surface area contributed by atoms with E-state index in [4.69, 9.17) is 4.42 Å². The number of hydrogen-bond donors (Lipinski definition) is 2. The zero-order valence-electron chi connectivity index (χ0n) is 15.2. The number of carbonyl (C=O) groups excluding carboxylic acids is 2. The van der Waals surface area contributed by atoms with Crippen LogP contribution in [0.3, 0.4) is 0 Å². The monoisotopic (exact) mass is 409 g/mol. The lowest BCUT2D eigenvalue weighted by Crippen LogP contribution is -2.43. The average molecular weight is 410 g/mol. The molecule has 2 aliphatic heterocycles. The van der Waals surface area contributed by atoms with Crippen LogP contribution in [0, 0.1) is 12.3 Å². The molecular formula is C19H24ClN3O3S. The zero-order chi connectivity index (χ0) is 18.1. The Labute approximate surface area is 168 Å². The summed E-state index contributed by atoms with van der Waals surface area (Å²) < 4.78 is 5.11. The van der Waals surface area contributed by atoms with E-state index in [2.05, 4.69) is 10.6 Å². The Bertz CT molecular complexity index is 802. The number of nitrogens with zero attached hydrogens (tertiary/aromatic N) is 1. The highest BCUT2D eigenvalue weighted by Gasteiger charge is 2.38. The predicted octanol–water partition coefficient (Wildman–Crippen LogP) is 3.54. The predicted molar refractivity (Wildman–Crippen MR) is 108 cm³/mol. The highest BCUT2D eigenvalue weighted by Crippen LogP contribution is 2.38. The van der Waals surface area contributed by atoms with E-state index in [1.54, 1.807) is 12.1 Å². The Morgan fingerprint density at radius 1 is 1.30 bits per heavy atom. The van der Waals surface area contributed by atoms with Crippen molar-refractivity contribution >= 4 is 40.6 Å². The first-order chi connectivity index (χ1) is 12.6. The van der Waals surface area contributed by atoms with Crippen LogP contribution < -0.4 is 10.6 Å². The number of carbonyl (C=O) groups is 2. The van der Waals surface area contributed by atoms with Crippen molar-refractivity contribution in [2.24, 2.45) is 5.41 Å². The lowest BCUT2D eigenvalue weighted by molar-refractivity contribution is 0.0611. The molecule has 2 aromatic heterocycles. The minimum absolute atomic E-state index is 0. The van der Waals surface area contributed by atoms with E-state index in [-0.39, 0.29) is 30.0 Å². The molecule has 8 heteroatoms. The molecule has 2 saturated heterocycles. The van der Waals surface area contributed by atoms with Gasteiger partial charge in [0.05, 0.1) is 16.1 Å². The maximum atomic E-state index is 12.9. The molecule has 2 aliphatic rings. The molecule has 4 heterocycles. The lowest BCUT2D eigenvalue weighted by Gasteiger charge is -2.38. The molecule has 1 spiro atoms. The van der Waals surface area contributed by atoms with Crippen molar-refractivity contribution in [3.8, 4) is 0 Å². The van der Waals surface area contributed by atoms with Crippen molar-refractivity contribution in [1.82, 2.24) is 10.2 Å². The van der Waals surface area contributed by atoms with Crippen LogP contribution in [0.2, 0.25) is 0 Å². The maximum Gasteiger partial charge on any atom is 0.291 e. The second-order valence-corrected chi connectivity index (χ2v) is 8.33. The van der Waals surface area contributed by atoms with Crippen LogP contribution in [0.1, 0.15) is 45.1 Å². The van der Waals surface area contributed by atoms with Gasteiger partial charge in [-0.25, -0.2) is 0 Å². The molecular weight excluding hydrogens is 386 g/mol. The Kier molecular flexibility index (Phi) is 5.93. The van der Waals surface area contributed by atoms with Gasteiger partial charge in [0.2, 0.25) is 0 Å². The van der Waals surface area contributed by atoms with Gasteiger partial charge in [-0.05, 0) is 61.9 Å². The number of aryl methyl sites for hydroxylation is 1. The van der Waals surface area contributed by atoms with E-state index < -0.39 is 0 Å². The molecule has 146 valence electrons. The van der Waals surface area contributed by atoms with Gasteiger partial charge >= 0.3 is 0 Å². The molecule has 0 saturated carbocycles. The number of likely N-dealkylation sites (tertiary alicyclic amines) is 1. The third-order valence-electron chi connectivity index (χ3n) is 5.54. The Morgan fingerprint density at radius 2 is 2.07 bits per heavy atom. The summed E-state index contributed by atoms with van der Waals surface area (Å²) in [7, 11) is 0. The van der Waals surface area contributed by atoms with Crippen molar-refractivity contribution < 1.29 is 14.0 Å². The van der Waals surface area contributed by atoms with Gasteiger partial charge in [0.25, 0.3) is 11.8 Å². The van der Waals surface area contributed by atoms with Gasteiger partial charge in [0, 0.05) is 19.6 Å². The molecule has 2 amide bonds. The number of rotatable bonds is 3. The number of halogens is 1. The molecule has 0 bridgehead atoms. The zero-order valence-corrected chi connectivity index (χ0v) is 16.9. The molecule has 27 heavy (non-hydrogen) atoms. The Balaban J connectivity index is 0.00000210. The van der Waals surface area contributed by atoms with Crippen molar-refractivity contribution in [2.75, 3.05) is 31.5 Å². The smallest absolute Gasteiger partial charge is 0.291 e. The summed E-state index contributed by atoms with van der Waals surface area (Å²) >= 11 is 1.33. The largest absolute Gasteiger partial charge is 0.459 e. The van der Waals surface area contributed by atoms with E-state index >= 15 is 0 Å². The molecule has 0 radical (unpaired) electrons. The first-order valence-corrected chi connectivity index (χ1v) is 9.83. The van der Waals surface area contributed by atoms with Crippen LogP contribution in [0.4, 0.5) is 5.00 Å². The van der Waals surface area contributed by atoms with Crippen molar-refractivity contribution in [1.29, 1.82) is 0 Å². The topological polar surface area (TPSA) is 74.6 Å². The number of nitrogens with one attached hydrogen (secondary N) is 2. The van der Waals surface area contributed by atoms with Crippen molar-refractivity contribution in [3.05, 3.63) is 40.7 Å². The summed E-state index contributed by atoms with van der Waals surface area (Å²) in [5.41, 5.74) is 1.29. The Morgan fingerprint density at radius 3 is 2.70 bits per heavy atom. The standard InChI is InChI=1S/C19H23N3O3S.ClH/c1-13-11-15(21-17(23)14-3-2-10-25-14)26-16(13)18(24)22-8-5-19(6-9-22)4-7-20-12-19;/h2-3,10-11,20H,4-9,12H2,1H3,(H,21,23);1H. The van der Waals surface area contributed by atoms with E-state index in [9.17, 15) is 9.59 Å². The van der Waals surface area contributed by atoms with Gasteiger partial charge in [-0.2, -0.15) is 0 Å². The van der Waals surface area contributed by atoms with E-state index in [0.717, 1.165) is 44.6 Å². The third-order valence-corrected chi connectivity index (χ3v) is 6.68. The van der Waals surface area contributed by atoms with Crippen LogP contribution in [-0.2, 0) is 0 Å². The highest BCUT2D eigenvalue weighted by atomic mass is 35.5. The fourth-order valence-corrected chi connectivity index (χ4v) is 4.92. The van der Waals surface area contributed by atoms with Crippen LogP contribution in [0.15, 0.2) is 28.9 Å². The summed E-state index contributed by atoms with van der Waals surface area (Å²) in [4.78, 5) is 27.7. The second-order valence-electron chi connectivity index (χ2n) is 7.27. The number of anilines is 1. The molecule has 2 N–H and O–H groups in total. The molecule has 0 aliphatic carbocycles. The molecule has 2 fully saturated rings. The molecule has 0 unspecified atom stereocenters. The number of hydrogen-bond acceptors (Lipinski definition) is 5. The lowest BCUT2D eigenvalue weighted by atomic mass is 9.78. The average Bonchev–Trinajstić information content (AvgIpc) is 3.37. The van der Waals surface area contributed by atoms with Crippen LogP contribution in [-0.4, -0.2) is 42.9 Å². The number of thiophene rings is 1. The molecule has 2 aromatic rings. The summed E-state index contributed by atoms with van der Waals surface area (Å²) in [6.45, 7) is 5.71. The fourth-order valence-electron chi connectivity index (χ4n) is 3.89. The summed E-state index contributed by atoms with van der Waals surface area (Å²) in [5, 5.41) is 6.93. The SMILES string of the molecule is Cc1cc(NC(=O)c2ccco2)sc1C(=O)N1CCC2(CCNC2)CC1.Cl. The van der Waals surface area contributed by atoms with Gasteiger partial charge in [0.1, 0.15) is 0 Å². The van der Waals surface area contributed by atoms with Gasteiger partial charge in [-0.1, -0.05) is 0 Å². The van der Waals surface area contributed by atoms with E-state index in [0.29, 0.717) is 15.3 Å². The highest BCUT2D eigenvalue weighted by molar-refractivity contribution is 7.18. The van der Waals surface area contributed by atoms with Crippen LogP contribution in [0.5, 0.6) is 0 Å². The van der Waals surface area contributed by atoms with E-state index in [1.807, 2.05) is 17.9 Å². The van der Waals surface area contributed by atoms with Gasteiger partial charge in [-0.15, -0.1) is 23.7 Å². The first kappa shape index (κ1) is 19.9. The number of furan rings is 1. The van der Waals surface area contributed by atoms with E-state index in [1.165, 1.54) is 24.0 Å².